The van der Waals surface area contributed by atoms with Gasteiger partial charge in [-0.15, -0.1) is 11.8 Å². The quantitative estimate of drug-likeness (QED) is 0.269. The van der Waals surface area contributed by atoms with Crippen molar-refractivity contribution in [1.82, 2.24) is 4.90 Å². The molecule has 0 aromatic heterocycles. The second-order valence-electron chi connectivity index (χ2n) is 5.02. The Kier molecular flexibility index (Phi) is 9.40. The molecule has 0 aliphatic carbocycles. The molecule has 0 unspecified atom stereocenters. The van der Waals surface area contributed by atoms with Crippen molar-refractivity contribution in [2.75, 3.05) is 25.4 Å². The second kappa shape index (κ2) is 10.5. The summed E-state index contributed by atoms with van der Waals surface area (Å²) in [6.45, 7) is 3.65. The number of rotatable bonds is 5. The van der Waals surface area contributed by atoms with Crippen LogP contribution in [0.15, 0.2) is 33.9 Å². The number of thioether (sulfide) groups is 1. The normalized spacial score (nSPS) is 16.5. The molecule has 6 heteroatoms. The smallest absolute Gasteiger partial charge is 0.143 e. The molecule has 3 nitrogen and oxygen atoms in total. The summed E-state index contributed by atoms with van der Waals surface area (Å²) in [6, 6.07) is 7.88. The van der Waals surface area contributed by atoms with Gasteiger partial charge in [-0.05, 0) is 51.0 Å². The maximum Gasteiger partial charge on any atom is 0.143 e. The summed E-state index contributed by atoms with van der Waals surface area (Å²) in [5.74, 6) is 0.988. The fraction of sp³-hybridized carbons (Fsp3) is 0.533. The van der Waals surface area contributed by atoms with E-state index in [1.165, 1.54) is 32.4 Å². The predicted molar refractivity (Wildman–Crippen MR) is 89.8 cm³/mol. The Labute approximate surface area is 145 Å². The SMILES string of the molecule is O/N=C(/SCCCN1CCCCC1)c1cccc(Br)c1.[Cl-]. The lowest BCUT2D eigenvalue weighted by atomic mass is 10.1. The minimum absolute atomic E-state index is 0. The summed E-state index contributed by atoms with van der Waals surface area (Å²) in [6.07, 6.45) is 5.20. The third-order valence-electron chi connectivity index (χ3n) is 3.47. The molecule has 1 fully saturated rings. The van der Waals surface area contributed by atoms with Crippen LogP contribution >= 0.6 is 27.7 Å². The maximum atomic E-state index is 9.16. The Morgan fingerprint density at radius 1 is 1.29 bits per heavy atom. The zero-order valence-corrected chi connectivity index (χ0v) is 15.1. The van der Waals surface area contributed by atoms with Gasteiger partial charge in [0.05, 0.1) is 0 Å². The van der Waals surface area contributed by atoms with E-state index in [-0.39, 0.29) is 12.4 Å². The minimum atomic E-state index is 0. The molecule has 0 bridgehead atoms. The maximum absolute atomic E-state index is 9.16. The van der Waals surface area contributed by atoms with E-state index in [1.807, 2.05) is 24.3 Å². The second-order valence-corrected chi connectivity index (χ2v) is 7.02. The molecule has 0 atom stereocenters. The van der Waals surface area contributed by atoms with Gasteiger partial charge in [-0.2, -0.15) is 0 Å². The monoisotopic (exact) mass is 391 g/mol. The Hall–Kier alpha value is -0.230. The molecule has 21 heavy (non-hydrogen) atoms. The molecular formula is C15H21BrClN2OS-. The number of hydrogen-bond donors (Lipinski definition) is 1. The van der Waals surface area contributed by atoms with Crippen LogP contribution in [0.2, 0.25) is 0 Å². The summed E-state index contributed by atoms with van der Waals surface area (Å²) in [4.78, 5) is 2.54. The van der Waals surface area contributed by atoms with Crippen molar-refractivity contribution in [3.8, 4) is 0 Å². The van der Waals surface area contributed by atoms with E-state index < -0.39 is 0 Å². The average Bonchev–Trinajstić information content (AvgIpc) is 2.48. The molecule has 0 amide bonds. The average molecular weight is 393 g/mol. The predicted octanol–water partition coefficient (Wildman–Crippen LogP) is 1.20. The molecule has 118 valence electrons. The number of benzene rings is 1. The highest BCUT2D eigenvalue weighted by molar-refractivity contribution is 9.10. The highest BCUT2D eigenvalue weighted by atomic mass is 79.9. The van der Waals surface area contributed by atoms with Gasteiger partial charge in [0.25, 0.3) is 0 Å². The topological polar surface area (TPSA) is 35.8 Å². The van der Waals surface area contributed by atoms with Crippen LogP contribution in [-0.4, -0.2) is 40.5 Å². The Morgan fingerprint density at radius 2 is 2.05 bits per heavy atom. The van der Waals surface area contributed by atoms with Crippen LogP contribution in [0.1, 0.15) is 31.2 Å². The zero-order chi connectivity index (χ0) is 14.2. The number of oxime groups is 1. The van der Waals surface area contributed by atoms with E-state index in [0.29, 0.717) is 5.04 Å². The van der Waals surface area contributed by atoms with Crippen LogP contribution in [0.3, 0.4) is 0 Å². The van der Waals surface area contributed by atoms with Crippen molar-refractivity contribution in [2.24, 2.45) is 5.16 Å². The first kappa shape index (κ1) is 18.8. The molecule has 1 aromatic carbocycles. The van der Waals surface area contributed by atoms with Gasteiger partial charge in [0.1, 0.15) is 5.04 Å². The number of likely N-dealkylation sites (tertiary alicyclic amines) is 1. The van der Waals surface area contributed by atoms with Crippen LogP contribution in [-0.2, 0) is 0 Å². The van der Waals surface area contributed by atoms with Gasteiger partial charge in [-0.25, -0.2) is 0 Å². The first-order valence-corrected chi connectivity index (χ1v) is 8.90. The lowest BCUT2D eigenvalue weighted by molar-refractivity contribution is -0.00000475. The Bertz CT molecular complexity index is 453. The lowest BCUT2D eigenvalue weighted by Crippen LogP contribution is -3.00. The lowest BCUT2D eigenvalue weighted by Gasteiger charge is -2.26. The molecule has 1 N–H and O–H groups in total. The summed E-state index contributed by atoms with van der Waals surface area (Å²) in [7, 11) is 0. The molecule has 1 aromatic rings. The highest BCUT2D eigenvalue weighted by Crippen LogP contribution is 2.19. The summed E-state index contributed by atoms with van der Waals surface area (Å²) >= 11 is 5.07. The molecule has 2 rings (SSSR count). The van der Waals surface area contributed by atoms with Crippen molar-refractivity contribution < 1.29 is 17.6 Å². The van der Waals surface area contributed by atoms with Gasteiger partial charge in [0, 0.05) is 15.8 Å². The van der Waals surface area contributed by atoms with Gasteiger partial charge in [0.15, 0.2) is 0 Å². The Morgan fingerprint density at radius 3 is 2.71 bits per heavy atom. The van der Waals surface area contributed by atoms with Crippen LogP contribution in [0.25, 0.3) is 0 Å². The number of hydrogen-bond acceptors (Lipinski definition) is 4. The highest BCUT2D eigenvalue weighted by Gasteiger charge is 2.10. The fourth-order valence-corrected chi connectivity index (χ4v) is 3.65. The largest absolute Gasteiger partial charge is 1.00 e. The van der Waals surface area contributed by atoms with E-state index in [9.17, 15) is 0 Å². The van der Waals surface area contributed by atoms with E-state index in [1.54, 1.807) is 11.8 Å². The fourth-order valence-electron chi connectivity index (χ4n) is 2.43. The number of halogens is 2. The van der Waals surface area contributed by atoms with Crippen molar-refractivity contribution in [3.63, 3.8) is 0 Å². The van der Waals surface area contributed by atoms with Gasteiger partial charge < -0.3 is 22.5 Å². The molecule has 1 aliphatic heterocycles. The number of nitrogens with zero attached hydrogens (tertiary/aromatic N) is 2. The van der Waals surface area contributed by atoms with Crippen LogP contribution in [0.4, 0.5) is 0 Å². The zero-order valence-electron chi connectivity index (χ0n) is 12.0. The van der Waals surface area contributed by atoms with Crippen molar-refractivity contribution in [1.29, 1.82) is 0 Å². The van der Waals surface area contributed by atoms with E-state index in [2.05, 4.69) is 26.0 Å². The van der Waals surface area contributed by atoms with Crippen molar-refractivity contribution in [3.05, 3.63) is 34.3 Å². The third-order valence-corrected chi connectivity index (χ3v) is 5.05. The summed E-state index contributed by atoms with van der Waals surface area (Å²) in [5, 5.41) is 13.3. The third kappa shape index (κ3) is 6.59. The first-order chi connectivity index (χ1) is 9.79. The molecule has 1 heterocycles. The van der Waals surface area contributed by atoms with Gasteiger partial charge >= 0.3 is 0 Å². The molecule has 0 saturated carbocycles. The van der Waals surface area contributed by atoms with E-state index in [0.717, 1.165) is 28.8 Å². The summed E-state index contributed by atoms with van der Waals surface area (Å²) in [5.41, 5.74) is 0.963. The number of piperidine rings is 1. The van der Waals surface area contributed by atoms with Crippen molar-refractivity contribution in [2.45, 2.75) is 25.7 Å². The first-order valence-electron chi connectivity index (χ1n) is 7.13. The van der Waals surface area contributed by atoms with Gasteiger partial charge in [0.2, 0.25) is 0 Å². The van der Waals surface area contributed by atoms with E-state index in [4.69, 9.17) is 5.21 Å². The van der Waals surface area contributed by atoms with Crippen LogP contribution in [0.5, 0.6) is 0 Å². The molecule has 1 aliphatic rings. The summed E-state index contributed by atoms with van der Waals surface area (Å²) < 4.78 is 1.00. The minimum Gasteiger partial charge on any atom is -1.00 e. The van der Waals surface area contributed by atoms with E-state index >= 15 is 0 Å². The molecular weight excluding hydrogens is 372 g/mol. The van der Waals surface area contributed by atoms with Crippen LogP contribution in [0, 0.1) is 0 Å². The van der Waals surface area contributed by atoms with Gasteiger partial charge in [-0.1, -0.05) is 39.6 Å². The standard InChI is InChI=1S/C15H21BrN2OS.ClH/c16-14-7-4-6-13(12-14)15(17-19)20-11-5-10-18-8-2-1-3-9-18;/h4,6-7,12,19H,1-3,5,8-11H2;1H/p-1/b17-15+;. The Balaban J connectivity index is 0.00000220. The van der Waals surface area contributed by atoms with Crippen molar-refractivity contribution >= 4 is 32.7 Å². The molecule has 0 spiro atoms. The van der Waals surface area contributed by atoms with Gasteiger partial charge in [-0.3, -0.25) is 0 Å². The molecule has 1 saturated heterocycles. The molecule has 0 radical (unpaired) electrons. The van der Waals surface area contributed by atoms with Crippen LogP contribution < -0.4 is 12.4 Å².